The third-order valence-corrected chi connectivity index (χ3v) is 3.92. The molecule has 0 bridgehead atoms. The molecule has 21 heavy (non-hydrogen) atoms. The predicted molar refractivity (Wildman–Crippen MR) is 84.8 cm³/mol. The molecule has 0 amide bonds. The standard InChI is InChI=1S/C13H11Cl4N3O/c14-5-12(17)4-13(21,6-20-8-18-7-19-20)9-1-10(15)3-11(16)2-9/h1-3,5,7-8,21H,4,6H2. The average molecular weight is 367 g/mol. The molecule has 1 unspecified atom stereocenters. The van der Waals surface area contributed by atoms with Gasteiger partial charge in [0.2, 0.25) is 0 Å². The van der Waals surface area contributed by atoms with Gasteiger partial charge in [0.05, 0.1) is 6.54 Å². The van der Waals surface area contributed by atoms with Crippen LogP contribution in [0.2, 0.25) is 10.0 Å². The number of nitrogens with zero attached hydrogens (tertiary/aromatic N) is 3. The van der Waals surface area contributed by atoms with E-state index in [-0.39, 0.29) is 13.0 Å². The molecule has 8 heteroatoms. The highest BCUT2D eigenvalue weighted by Gasteiger charge is 2.32. The molecule has 1 aromatic carbocycles. The predicted octanol–water partition coefficient (Wildman–Crippen LogP) is 4.18. The highest BCUT2D eigenvalue weighted by atomic mass is 35.5. The lowest BCUT2D eigenvalue weighted by Gasteiger charge is -2.28. The molecule has 1 aromatic heterocycles. The minimum absolute atomic E-state index is 0.0919. The molecule has 0 radical (unpaired) electrons. The summed E-state index contributed by atoms with van der Waals surface area (Å²) >= 11 is 23.6. The van der Waals surface area contributed by atoms with Crippen LogP contribution in [-0.4, -0.2) is 19.9 Å². The van der Waals surface area contributed by atoms with Crippen LogP contribution in [-0.2, 0) is 12.1 Å². The summed E-state index contributed by atoms with van der Waals surface area (Å²) in [4.78, 5) is 3.85. The van der Waals surface area contributed by atoms with Crippen LogP contribution in [0.5, 0.6) is 0 Å². The van der Waals surface area contributed by atoms with Crippen molar-refractivity contribution in [3.8, 4) is 0 Å². The maximum atomic E-state index is 11.0. The summed E-state index contributed by atoms with van der Waals surface area (Å²) in [5, 5.41) is 16.1. The monoisotopic (exact) mass is 365 g/mol. The smallest absolute Gasteiger partial charge is 0.137 e. The van der Waals surface area contributed by atoms with Crippen molar-refractivity contribution in [3.63, 3.8) is 0 Å². The molecular weight excluding hydrogens is 356 g/mol. The summed E-state index contributed by atoms with van der Waals surface area (Å²) in [6.45, 7) is 0.130. The van der Waals surface area contributed by atoms with E-state index in [1.807, 2.05) is 0 Å². The minimum atomic E-state index is -1.37. The Kier molecular flexibility index (Phi) is 5.52. The van der Waals surface area contributed by atoms with Gasteiger partial charge in [0, 0.05) is 27.0 Å². The van der Waals surface area contributed by atoms with E-state index in [1.165, 1.54) is 22.9 Å². The van der Waals surface area contributed by atoms with Crippen molar-refractivity contribution in [2.24, 2.45) is 0 Å². The van der Waals surface area contributed by atoms with Crippen LogP contribution >= 0.6 is 46.4 Å². The molecule has 112 valence electrons. The van der Waals surface area contributed by atoms with Gasteiger partial charge in [-0.25, -0.2) is 9.67 Å². The molecule has 4 nitrogen and oxygen atoms in total. The summed E-state index contributed by atoms with van der Waals surface area (Å²) in [6.07, 6.45) is 2.97. The Morgan fingerprint density at radius 2 is 1.95 bits per heavy atom. The van der Waals surface area contributed by atoms with Gasteiger partial charge in [-0.2, -0.15) is 5.10 Å². The van der Waals surface area contributed by atoms with Crippen molar-refractivity contribution in [3.05, 3.63) is 57.0 Å². The molecule has 2 rings (SSSR count). The lowest BCUT2D eigenvalue weighted by Crippen LogP contribution is -2.32. The molecular formula is C13H11Cl4N3O. The first-order valence-electron chi connectivity index (χ1n) is 5.89. The molecule has 0 aliphatic rings. The Balaban J connectivity index is 2.43. The fourth-order valence-electron chi connectivity index (χ4n) is 1.97. The fraction of sp³-hybridized carbons (Fsp3) is 0.231. The number of aliphatic hydroxyl groups is 1. The van der Waals surface area contributed by atoms with Gasteiger partial charge in [0.25, 0.3) is 0 Å². The molecule has 0 saturated heterocycles. The number of benzene rings is 1. The summed E-state index contributed by atoms with van der Waals surface area (Å²) in [5.74, 6) is 0. The van der Waals surface area contributed by atoms with Crippen molar-refractivity contribution in [1.29, 1.82) is 0 Å². The van der Waals surface area contributed by atoms with Crippen molar-refractivity contribution >= 4 is 46.4 Å². The third kappa shape index (κ3) is 4.34. The van der Waals surface area contributed by atoms with E-state index in [2.05, 4.69) is 10.1 Å². The summed E-state index contributed by atoms with van der Waals surface area (Å²) in [5.41, 5.74) is 0.359. The van der Waals surface area contributed by atoms with Crippen LogP contribution in [0.3, 0.4) is 0 Å². The van der Waals surface area contributed by atoms with Crippen LogP contribution in [0.15, 0.2) is 41.4 Å². The maximum absolute atomic E-state index is 11.0. The largest absolute Gasteiger partial charge is 0.383 e. The van der Waals surface area contributed by atoms with Gasteiger partial charge in [-0.15, -0.1) is 0 Å². The lowest BCUT2D eigenvalue weighted by molar-refractivity contribution is 0.0168. The lowest BCUT2D eigenvalue weighted by atomic mass is 9.90. The van der Waals surface area contributed by atoms with Gasteiger partial charge in [0.1, 0.15) is 18.3 Å². The Bertz CT molecular complexity index is 625. The topological polar surface area (TPSA) is 50.9 Å². The number of hydrogen-bond donors (Lipinski definition) is 1. The van der Waals surface area contributed by atoms with Gasteiger partial charge in [-0.1, -0.05) is 46.4 Å². The van der Waals surface area contributed by atoms with E-state index in [9.17, 15) is 5.11 Å². The second-order valence-electron chi connectivity index (χ2n) is 4.52. The molecule has 0 saturated carbocycles. The number of hydrogen-bond acceptors (Lipinski definition) is 3. The quantitative estimate of drug-likeness (QED) is 0.863. The Labute approximate surface area is 141 Å². The zero-order chi connectivity index (χ0) is 15.5. The van der Waals surface area contributed by atoms with Crippen molar-refractivity contribution in [2.75, 3.05) is 0 Å². The molecule has 2 aromatic rings. The summed E-state index contributed by atoms with van der Waals surface area (Å²) in [7, 11) is 0. The van der Waals surface area contributed by atoms with E-state index in [1.54, 1.807) is 18.2 Å². The zero-order valence-electron chi connectivity index (χ0n) is 10.7. The molecule has 1 atom stereocenters. The maximum Gasteiger partial charge on any atom is 0.137 e. The van der Waals surface area contributed by atoms with E-state index >= 15 is 0 Å². The third-order valence-electron chi connectivity index (χ3n) is 2.87. The van der Waals surface area contributed by atoms with Gasteiger partial charge < -0.3 is 5.11 Å². The first-order chi connectivity index (χ1) is 9.93. The molecule has 1 N–H and O–H groups in total. The first kappa shape index (κ1) is 16.6. The van der Waals surface area contributed by atoms with Gasteiger partial charge in [-0.05, 0) is 23.8 Å². The second kappa shape index (κ2) is 6.99. The summed E-state index contributed by atoms with van der Waals surface area (Å²) in [6, 6.07) is 4.84. The van der Waals surface area contributed by atoms with Gasteiger partial charge in [-0.3, -0.25) is 0 Å². The minimum Gasteiger partial charge on any atom is -0.383 e. The van der Waals surface area contributed by atoms with Crippen LogP contribution in [0, 0.1) is 0 Å². The van der Waals surface area contributed by atoms with Crippen LogP contribution in [0.1, 0.15) is 12.0 Å². The molecule has 0 aliphatic carbocycles. The normalized spacial score (nSPS) is 15.0. The molecule has 0 fully saturated rings. The number of aromatic nitrogens is 3. The average Bonchev–Trinajstić information content (AvgIpc) is 2.90. The number of rotatable bonds is 5. The van der Waals surface area contributed by atoms with Crippen LogP contribution in [0.25, 0.3) is 0 Å². The van der Waals surface area contributed by atoms with Crippen molar-refractivity contribution in [2.45, 2.75) is 18.6 Å². The molecule has 0 aliphatic heterocycles. The number of halogens is 4. The van der Waals surface area contributed by atoms with Crippen LogP contribution in [0.4, 0.5) is 0 Å². The van der Waals surface area contributed by atoms with E-state index < -0.39 is 5.60 Å². The highest BCUT2D eigenvalue weighted by Crippen LogP contribution is 2.35. The van der Waals surface area contributed by atoms with Gasteiger partial charge >= 0.3 is 0 Å². The highest BCUT2D eigenvalue weighted by molar-refractivity contribution is 6.36. The Hall–Kier alpha value is -0.780. The zero-order valence-corrected chi connectivity index (χ0v) is 13.7. The van der Waals surface area contributed by atoms with E-state index in [0.29, 0.717) is 20.6 Å². The summed E-state index contributed by atoms with van der Waals surface area (Å²) < 4.78 is 1.49. The second-order valence-corrected chi connectivity index (χ2v) is 6.09. The van der Waals surface area contributed by atoms with Gasteiger partial charge in [0.15, 0.2) is 0 Å². The molecule has 1 heterocycles. The fourth-order valence-corrected chi connectivity index (χ4v) is 2.80. The molecule has 0 spiro atoms. The Morgan fingerprint density at radius 1 is 1.29 bits per heavy atom. The first-order valence-corrected chi connectivity index (χ1v) is 7.46. The van der Waals surface area contributed by atoms with Crippen molar-refractivity contribution < 1.29 is 5.11 Å². The van der Waals surface area contributed by atoms with Crippen LogP contribution < -0.4 is 0 Å². The van der Waals surface area contributed by atoms with Crippen molar-refractivity contribution in [1.82, 2.24) is 14.8 Å². The van der Waals surface area contributed by atoms with E-state index in [4.69, 9.17) is 46.4 Å². The van der Waals surface area contributed by atoms with E-state index in [0.717, 1.165) is 0 Å². The SMILES string of the molecule is OC(CC(Cl)=CCl)(Cn1cncn1)c1cc(Cl)cc(Cl)c1. The Morgan fingerprint density at radius 3 is 2.48 bits per heavy atom.